The van der Waals surface area contributed by atoms with Gasteiger partial charge in [0.05, 0.1) is 12.6 Å². The third kappa shape index (κ3) is 2.90. The van der Waals surface area contributed by atoms with Crippen molar-refractivity contribution in [3.05, 3.63) is 23.7 Å². The molecule has 3 atom stereocenters. The maximum absolute atomic E-state index is 12.3. The lowest BCUT2D eigenvalue weighted by Crippen LogP contribution is -2.46. The predicted octanol–water partition coefficient (Wildman–Crippen LogP) is 2.50. The van der Waals surface area contributed by atoms with Crippen molar-refractivity contribution in [2.24, 2.45) is 5.92 Å². The molecule has 2 aliphatic rings. The van der Waals surface area contributed by atoms with E-state index in [-0.39, 0.29) is 11.9 Å². The summed E-state index contributed by atoms with van der Waals surface area (Å²) in [5.74, 6) is 3.52. The van der Waals surface area contributed by atoms with Crippen LogP contribution in [0.1, 0.15) is 50.0 Å². The summed E-state index contributed by atoms with van der Waals surface area (Å²) in [4.78, 5) is 14.1. The average Bonchev–Trinajstić information content (AvgIpc) is 3.01. The van der Waals surface area contributed by atoms with Crippen molar-refractivity contribution in [2.75, 3.05) is 13.6 Å². The lowest BCUT2D eigenvalue weighted by atomic mass is 10.0. The number of nitrogens with zero attached hydrogens (tertiary/aromatic N) is 1. The molecular weight excluding hydrogens is 252 g/mol. The molecule has 3 rings (SSSR count). The van der Waals surface area contributed by atoms with E-state index in [4.69, 9.17) is 4.42 Å². The van der Waals surface area contributed by atoms with Crippen LogP contribution in [0, 0.1) is 5.92 Å². The number of rotatable bonds is 4. The largest absolute Gasteiger partial charge is 0.464 e. The van der Waals surface area contributed by atoms with Gasteiger partial charge in [-0.1, -0.05) is 13.3 Å². The molecule has 1 amide bonds. The summed E-state index contributed by atoms with van der Waals surface area (Å²) in [5, 5.41) is 3.30. The number of carbonyl (C=O) groups excluding carboxylic acids is 1. The van der Waals surface area contributed by atoms with E-state index < -0.39 is 0 Å². The number of likely N-dealkylation sites (N-methyl/N-ethyl adjacent to an activating group) is 1. The maximum Gasteiger partial charge on any atom is 0.239 e. The predicted molar refractivity (Wildman–Crippen MR) is 77.3 cm³/mol. The Morgan fingerprint density at radius 1 is 1.45 bits per heavy atom. The zero-order valence-corrected chi connectivity index (χ0v) is 12.4. The van der Waals surface area contributed by atoms with Crippen LogP contribution >= 0.6 is 0 Å². The van der Waals surface area contributed by atoms with E-state index in [1.165, 1.54) is 12.8 Å². The van der Waals surface area contributed by atoms with Crippen molar-refractivity contribution in [3.8, 4) is 0 Å². The molecule has 1 saturated heterocycles. The van der Waals surface area contributed by atoms with E-state index in [1.54, 1.807) is 4.90 Å². The highest BCUT2D eigenvalue weighted by atomic mass is 16.3. The van der Waals surface area contributed by atoms with Gasteiger partial charge < -0.3 is 14.6 Å². The zero-order chi connectivity index (χ0) is 14.1. The Hall–Kier alpha value is -1.29. The monoisotopic (exact) mass is 276 g/mol. The van der Waals surface area contributed by atoms with Crippen molar-refractivity contribution < 1.29 is 9.21 Å². The first-order chi connectivity index (χ1) is 9.65. The molecule has 0 bridgehead atoms. The van der Waals surface area contributed by atoms with E-state index >= 15 is 0 Å². The smallest absolute Gasteiger partial charge is 0.239 e. The standard InChI is InChI=1S/C16H24N2O2/c1-11-9-13(11)15-7-6-12(20-15)10-18(2)16(19)14-5-3-4-8-17-14/h6-7,11,13-14,17H,3-5,8-10H2,1-2H3/t11?,13?,14-/m0/s1. The van der Waals surface area contributed by atoms with Crippen LogP contribution in [0.25, 0.3) is 0 Å². The Kier molecular flexibility index (Phi) is 3.83. The highest BCUT2D eigenvalue weighted by Crippen LogP contribution is 2.47. The van der Waals surface area contributed by atoms with Crippen molar-refractivity contribution in [1.29, 1.82) is 0 Å². The number of hydrogen-bond acceptors (Lipinski definition) is 3. The molecule has 1 aliphatic heterocycles. The van der Waals surface area contributed by atoms with Crippen LogP contribution in [0.3, 0.4) is 0 Å². The lowest BCUT2D eigenvalue weighted by Gasteiger charge is -2.27. The molecule has 4 nitrogen and oxygen atoms in total. The summed E-state index contributed by atoms with van der Waals surface area (Å²) in [6, 6.07) is 4.07. The molecule has 0 aromatic carbocycles. The minimum atomic E-state index is -0.00774. The molecular formula is C16H24N2O2. The van der Waals surface area contributed by atoms with Gasteiger partial charge in [0.25, 0.3) is 0 Å². The highest BCUT2D eigenvalue weighted by molar-refractivity contribution is 5.81. The van der Waals surface area contributed by atoms with Crippen LogP contribution in [0.4, 0.5) is 0 Å². The quantitative estimate of drug-likeness (QED) is 0.919. The van der Waals surface area contributed by atoms with Crippen LogP contribution < -0.4 is 5.32 Å². The number of furan rings is 1. The van der Waals surface area contributed by atoms with Gasteiger partial charge in [-0.15, -0.1) is 0 Å². The number of piperidine rings is 1. The second-order valence-corrected chi connectivity index (χ2v) is 6.32. The maximum atomic E-state index is 12.3. The van der Waals surface area contributed by atoms with Gasteiger partial charge in [0.15, 0.2) is 0 Å². The van der Waals surface area contributed by atoms with Gasteiger partial charge in [-0.3, -0.25) is 4.79 Å². The normalized spacial score (nSPS) is 29.2. The average molecular weight is 276 g/mol. The summed E-state index contributed by atoms with van der Waals surface area (Å²) in [7, 11) is 1.86. The van der Waals surface area contributed by atoms with E-state index in [2.05, 4.69) is 18.3 Å². The first kappa shape index (κ1) is 13.7. The fourth-order valence-corrected chi connectivity index (χ4v) is 3.04. The molecule has 4 heteroatoms. The van der Waals surface area contributed by atoms with Gasteiger partial charge in [-0.25, -0.2) is 0 Å². The third-order valence-corrected chi connectivity index (χ3v) is 4.54. The first-order valence-corrected chi connectivity index (χ1v) is 7.72. The minimum absolute atomic E-state index is 0.00774. The fraction of sp³-hybridized carbons (Fsp3) is 0.688. The number of carbonyl (C=O) groups is 1. The Morgan fingerprint density at radius 2 is 2.25 bits per heavy atom. The van der Waals surface area contributed by atoms with Crippen LogP contribution in [0.2, 0.25) is 0 Å². The Labute approximate surface area is 120 Å². The van der Waals surface area contributed by atoms with Gasteiger partial charge in [0.1, 0.15) is 11.5 Å². The van der Waals surface area contributed by atoms with Crippen molar-refractivity contribution in [1.82, 2.24) is 10.2 Å². The van der Waals surface area contributed by atoms with E-state index in [1.807, 2.05) is 13.1 Å². The number of hydrogen-bond donors (Lipinski definition) is 1. The van der Waals surface area contributed by atoms with Crippen molar-refractivity contribution >= 4 is 5.91 Å². The molecule has 20 heavy (non-hydrogen) atoms. The lowest BCUT2D eigenvalue weighted by molar-refractivity contribution is -0.133. The molecule has 2 fully saturated rings. The van der Waals surface area contributed by atoms with E-state index in [0.29, 0.717) is 12.5 Å². The molecule has 2 unspecified atom stereocenters. The summed E-state index contributed by atoms with van der Waals surface area (Å²) in [6.07, 6.45) is 4.50. The van der Waals surface area contributed by atoms with Gasteiger partial charge in [0.2, 0.25) is 5.91 Å². The van der Waals surface area contributed by atoms with Crippen molar-refractivity contribution in [2.45, 2.75) is 51.1 Å². The first-order valence-electron chi connectivity index (χ1n) is 7.72. The summed E-state index contributed by atoms with van der Waals surface area (Å²) >= 11 is 0. The minimum Gasteiger partial charge on any atom is -0.464 e. The van der Waals surface area contributed by atoms with Gasteiger partial charge in [0, 0.05) is 13.0 Å². The van der Waals surface area contributed by atoms with Crippen LogP contribution in [0.15, 0.2) is 16.5 Å². The van der Waals surface area contributed by atoms with E-state index in [9.17, 15) is 4.79 Å². The highest BCUT2D eigenvalue weighted by Gasteiger charge is 2.36. The molecule has 1 N–H and O–H groups in total. The molecule has 0 radical (unpaired) electrons. The van der Waals surface area contributed by atoms with E-state index in [0.717, 1.165) is 36.8 Å². The van der Waals surface area contributed by atoms with Gasteiger partial charge in [-0.05, 0) is 43.9 Å². The van der Waals surface area contributed by atoms with Crippen molar-refractivity contribution in [3.63, 3.8) is 0 Å². The van der Waals surface area contributed by atoms with Crippen LogP contribution in [0.5, 0.6) is 0 Å². The van der Waals surface area contributed by atoms with Gasteiger partial charge in [-0.2, -0.15) is 0 Å². The number of nitrogens with one attached hydrogen (secondary N) is 1. The Morgan fingerprint density at radius 3 is 2.90 bits per heavy atom. The zero-order valence-electron chi connectivity index (χ0n) is 12.4. The van der Waals surface area contributed by atoms with Gasteiger partial charge >= 0.3 is 0 Å². The Balaban J connectivity index is 1.56. The molecule has 1 aliphatic carbocycles. The summed E-state index contributed by atoms with van der Waals surface area (Å²) in [5.41, 5.74) is 0. The second-order valence-electron chi connectivity index (χ2n) is 6.32. The summed E-state index contributed by atoms with van der Waals surface area (Å²) in [6.45, 7) is 3.77. The topological polar surface area (TPSA) is 45.5 Å². The molecule has 1 aromatic heterocycles. The molecule has 0 spiro atoms. The fourth-order valence-electron chi connectivity index (χ4n) is 3.04. The molecule has 1 aromatic rings. The van der Waals surface area contributed by atoms with Crippen LogP contribution in [-0.4, -0.2) is 30.4 Å². The summed E-state index contributed by atoms with van der Waals surface area (Å²) < 4.78 is 5.87. The molecule has 2 heterocycles. The Bertz CT molecular complexity index is 477. The molecule has 110 valence electrons. The van der Waals surface area contributed by atoms with Crippen LogP contribution in [-0.2, 0) is 11.3 Å². The third-order valence-electron chi connectivity index (χ3n) is 4.54. The molecule has 1 saturated carbocycles. The SMILES string of the molecule is CC1CC1c1ccc(CN(C)C(=O)[C@@H]2CCCCN2)o1. The number of amides is 1. The second kappa shape index (κ2) is 5.60.